The predicted molar refractivity (Wildman–Crippen MR) is 160 cm³/mol. The lowest BCUT2D eigenvalue weighted by atomic mass is 9.42. The molecule has 7 nitrogen and oxygen atoms in total. The number of benzene rings is 2. The van der Waals surface area contributed by atoms with Crippen LogP contribution in [0.5, 0.6) is 0 Å². The standard InChI is InChI=1S/C33H44O7S2/c1-22-5-10-27(11-6-22)41(35,36)39-21-33(34)18-17-32-20-26(33)19-25(32)9-14-29-24(3)30(15-16-31(29,32)4)40-42(37,38)28-12-7-23(2)8-13-28/h5-8,10-13,24-26,29-30,34H,9,14-21H2,1-4H3/t24-,25-,26+,29-,30-,31-,32-,33-/m0/s1. The molecule has 0 amide bonds. The summed E-state index contributed by atoms with van der Waals surface area (Å²) < 4.78 is 63.5. The van der Waals surface area contributed by atoms with Gasteiger partial charge in [0.1, 0.15) is 0 Å². The molecule has 0 aliphatic heterocycles. The normalized spacial score (nSPS) is 38.1. The van der Waals surface area contributed by atoms with E-state index in [0.29, 0.717) is 24.7 Å². The van der Waals surface area contributed by atoms with Gasteiger partial charge in [-0.05, 0) is 124 Å². The predicted octanol–water partition coefficient (Wildman–Crippen LogP) is 6.17. The first kappa shape index (κ1) is 30.3. The monoisotopic (exact) mass is 616 g/mol. The summed E-state index contributed by atoms with van der Waals surface area (Å²) in [5.41, 5.74) is 0.847. The van der Waals surface area contributed by atoms with Crippen LogP contribution in [0.4, 0.5) is 0 Å². The molecular formula is C33H44O7S2. The zero-order valence-electron chi connectivity index (χ0n) is 25.1. The maximum absolute atomic E-state index is 13.2. The van der Waals surface area contributed by atoms with Crippen molar-refractivity contribution in [2.75, 3.05) is 6.61 Å². The molecule has 4 aliphatic carbocycles. The Kier molecular flexibility index (Phi) is 7.49. The van der Waals surface area contributed by atoms with Gasteiger partial charge in [0.05, 0.1) is 28.1 Å². The summed E-state index contributed by atoms with van der Waals surface area (Å²) in [6, 6.07) is 13.4. The van der Waals surface area contributed by atoms with Crippen LogP contribution in [0.15, 0.2) is 58.3 Å². The summed E-state index contributed by atoms with van der Waals surface area (Å²) in [5, 5.41) is 11.8. The van der Waals surface area contributed by atoms with Crippen molar-refractivity contribution >= 4 is 20.2 Å². The van der Waals surface area contributed by atoms with E-state index in [1.807, 2.05) is 13.8 Å². The van der Waals surface area contributed by atoms with Gasteiger partial charge in [-0.1, -0.05) is 49.2 Å². The maximum atomic E-state index is 13.2. The third kappa shape index (κ3) is 4.87. The lowest BCUT2D eigenvalue weighted by molar-refractivity contribution is -0.174. The molecule has 0 unspecified atom stereocenters. The molecule has 9 heteroatoms. The highest BCUT2D eigenvalue weighted by atomic mass is 32.2. The van der Waals surface area contributed by atoms with Crippen LogP contribution >= 0.6 is 0 Å². The molecule has 0 heterocycles. The summed E-state index contributed by atoms with van der Waals surface area (Å²) >= 11 is 0. The Morgan fingerprint density at radius 1 is 0.810 bits per heavy atom. The number of hydrogen-bond acceptors (Lipinski definition) is 7. The molecule has 4 saturated carbocycles. The Morgan fingerprint density at radius 3 is 2.02 bits per heavy atom. The Morgan fingerprint density at radius 2 is 1.40 bits per heavy atom. The first-order valence-electron chi connectivity index (χ1n) is 15.4. The van der Waals surface area contributed by atoms with Crippen molar-refractivity contribution in [3.63, 3.8) is 0 Å². The molecule has 0 aromatic heterocycles. The molecule has 2 bridgehead atoms. The van der Waals surface area contributed by atoms with Crippen molar-refractivity contribution < 1.29 is 30.3 Å². The molecule has 2 aromatic carbocycles. The van der Waals surface area contributed by atoms with Crippen LogP contribution in [-0.2, 0) is 28.6 Å². The average molecular weight is 617 g/mol. The Balaban J connectivity index is 1.17. The van der Waals surface area contributed by atoms with Crippen LogP contribution in [0.3, 0.4) is 0 Å². The van der Waals surface area contributed by atoms with Gasteiger partial charge in [-0.2, -0.15) is 16.8 Å². The number of hydrogen-bond donors (Lipinski definition) is 1. The van der Waals surface area contributed by atoms with Gasteiger partial charge in [0.15, 0.2) is 0 Å². The fourth-order valence-electron chi connectivity index (χ4n) is 9.51. The van der Waals surface area contributed by atoms with E-state index in [1.54, 1.807) is 48.5 Å². The highest BCUT2D eigenvalue weighted by Gasteiger charge is 2.68. The van der Waals surface area contributed by atoms with Gasteiger partial charge in [0.2, 0.25) is 0 Å². The molecule has 2 aromatic rings. The van der Waals surface area contributed by atoms with Gasteiger partial charge in [0, 0.05) is 0 Å². The molecule has 42 heavy (non-hydrogen) atoms. The Bertz CT molecular complexity index is 1540. The van der Waals surface area contributed by atoms with Crippen molar-refractivity contribution in [2.24, 2.45) is 34.5 Å². The Hall–Kier alpha value is -1.78. The topological polar surface area (TPSA) is 107 Å². The van der Waals surface area contributed by atoms with Crippen LogP contribution in [0.2, 0.25) is 0 Å². The van der Waals surface area contributed by atoms with Gasteiger partial charge in [-0.3, -0.25) is 8.37 Å². The summed E-state index contributed by atoms with van der Waals surface area (Å²) in [4.78, 5) is 0.310. The fourth-order valence-corrected chi connectivity index (χ4v) is 11.7. The van der Waals surface area contributed by atoms with Gasteiger partial charge >= 0.3 is 0 Å². The van der Waals surface area contributed by atoms with Crippen molar-refractivity contribution in [3.05, 3.63) is 59.7 Å². The smallest absolute Gasteiger partial charge is 0.297 e. The molecule has 4 fully saturated rings. The first-order valence-corrected chi connectivity index (χ1v) is 18.2. The van der Waals surface area contributed by atoms with Gasteiger partial charge < -0.3 is 5.11 Å². The summed E-state index contributed by atoms with van der Waals surface area (Å²) in [5.74, 6) is 0.852. The van der Waals surface area contributed by atoms with Gasteiger partial charge in [-0.15, -0.1) is 0 Å². The number of fused-ring (bicyclic) bond motifs is 2. The van der Waals surface area contributed by atoms with Gasteiger partial charge in [-0.25, -0.2) is 0 Å². The van der Waals surface area contributed by atoms with E-state index in [-0.39, 0.29) is 45.2 Å². The van der Waals surface area contributed by atoms with E-state index in [9.17, 15) is 21.9 Å². The molecule has 1 spiro atoms. The number of aryl methyl sites for hydroxylation is 2. The lowest BCUT2D eigenvalue weighted by Gasteiger charge is -2.64. The molecule has 0 saturated heterocycles. The third-order valence-electron chi connectivity index (χ3n) is 12.0. The zero-order chi connectivity index (χ0) is 30.1. The van der Waals surface area contributed by atoms with E-state index in [4.69, 9.17) is 8.37 Å². The number of rotatable bonds is 7. The average Bonchev–Trinajstić information content (AvgIpc) is 3.30. The second kappa shape index (κ2) is 10.4. The van der Waals surface area contributed by atoms with Crippen LogP contribution in [0, 0.1) is 48.3 Å². The molecule has 230 valence electrons. The second-order valence-corrected chi connectivity index (χ2v) is 17.2. The highest BCUT2D eigenvalue weighted by molar-refractivity contribution is 7.87. The van der Waals surface area contributed by atoms with Crippen LogP contribution < -0.4 is 0 Å². The quantitative estimate of drug-likeness (QED) is 0.371. The van der Waals surface area contributed by atoms with E-state index in [2.05, 4.69) is 13.8 Å². The fraction of sp³-hybridized carbons (Fsp3) is 0.636. The van der Waals surface area contributed by atoms with Crippen molar-refractivity contribution in [2.45, 2.75) is 101 Å². The first-order chi connectivity index (χ1) is 19.7. The minimum Gasteiger partial charge on any atom is -0.387 e. The maximum Gasteiger partial charge on any atom is 0.297 e. The third-order valence-corrected chi connectivity index (χ3v) is 14.6. The molecule has 6 rings (SSSR count). The molecule has 1 N–H and O–H groups in total. The molecule has 4 aliphatic rings. The molecule has 0 radical (unpaired) electrons. The van der Waals surface area contributed by atoms with E-state index < -0.39 is 25.8 Å². The number of aliphatic hydroxyl groups is 1. The molecule has 8 atom stereocenters. The summed E-state index contributed by atoms with van der Waals surface area (Å²) in [6.45, 7) is 8.16. The zero-order valence-corrected chi connectivity index (χ0v) is 26.7. The minimum atomic E-state index is -3.96. The molecular weight excluding hydrogens is 572 g/mol. The minimum absolute atomic E-state index is 0.00766. The van der Waals surface area contributed by atoms with E-state index >= 15 is 0 Å². The van der Waals surface area contributed by atoms with E-state index in [1.165, 1.54) is 0 Å². The lowest BCUT2D eigenvalue weighted by Crippen LogP contribution is -2.59. The highest BCUT2D eigenvalue weighted by Crippen LogP contribution is 2.74. The van der Waals surface area contributed by atoms with Crippen molar-refractivity contribution in [1.82, 2.24) is 0 Å². The van der Waals surface area contributed by atoms with Crippen LogP contribution in [0.25, 0.3) is 0 Å². The summed E-state index contributed by atoms with van der Waals surface area (Å²) in [6.07, 6.45) is 6.32. The van der Waals surface area contributed by atoms with Crippen molar-refractivity contribution in [3.8, 4) is 0 Å². The van der Waals surface area contributed by atoms with Gasteiger partial charge in [0.25, 0.3) is 20.2 Å². The van der Waals surface area contributed by atoms with E-state index in [0.717, 1.165) is 49.7 Å². The van der Waals surface area contributed by atoms with Crippen LogP contribution in [-0.4, -0.2) is 40.3 Å². The van der Waals surface area contributed by atoms with Crippen molar-refractivity contribution in [1.29, 1.82) is 0 Å². The summed E-state index contributed by atoms with van der Waals surface area (Å²) in [7, 11) is -7.82. The Labute approximate surface area is 251 Å². The van der Waals surface area contributed by atoms with Crippen LogP contribution in [0.1, 0.15) is 76.3 Å². The SMILES string of the molecule is Cc1ccc(S(=O)(=O)OC[C@@]2(O)CC[C@]34C[C@H]2C[C@@H]3CC[C@H]2[C@H](C)[C@@H](OS(=O)(=O)c3ccc(C)cc3)CC[C@@]24C)cc1. The second-order valence-electron chi connectivity index (χ2n) is 14.0. The largest absolute Gasteiger partial charge is 0.387 e.